The molecule has 0 radical (unpaired) electrons. The van der Waals surface area contributed by atoms with Crippen molar-refractivity contribution in [2.75, 3.05) is 17.4 Å². The first-order chi connectivity index (χ1) is 10.5. The van der Waals surface area contributed by atoms with E-state index < -0.39 is 9.84 Å². The van der Waals surface area contributed by atoms with Crippen LogP contribution in [0.5, 0.6) is 5.75 Å². The third-order valence-electron chi connectivity index (χ3n) is 4.12. The molecule has 22 heavy (non-hydrogen) atoms. The van der Waals surface area contributed by atoms with Gasteiger partial charge in [-0.15, -0.1) is 11.6 Å². The van der Waals surface area contributed by atoms with E-state index >= 15 is 0 Å². The van der Waals surface area contributed by atoms with Gasteiger partial charge in [-0.3, -0.25) is 0 Å². The van der Waals surface area contributed by atoms with E-state index in [1.165, 1.54) is 12.8 Å². The Kier molecular flexibility index (Phi) is 6.57. The van der Waals surface area contributed by atoms with Crippen molar-refractivity contribution in [3.8, 4) is 5.75 Å². The van der Waals surface area contributed by atoms with Crippen LogP contribution >= 0.6 is 11.6 Å². The number of hydrogen-bond donors (Lipinski definition) is 0. The van der Waals surface area contributed by atoms with Crippen molar-refractivity contribution in [2.45, 2.75) is 51.0 Å². The van der Waals surface area contributed by atoms with Gasteiger partial charge in [-0.05, 0) is 55.7 Å². The highest BCUT2D eigenvalue weighted by Gasteiger charge is 2.19. The summed E-state index contributed by atoms with van der Waals surface area (Å²) in [7, 11) is -3.05. The van der Waals surface area contributed by atoms with E-state index in [4.69, 9.17) is 16.3 Å². The van der Waals surface area contributed by atoms with E-state index in [2.05, 4.69) is 0 Å². The first-order valence-corrected chi connectivity index (χ1v) is 10.4. The fourth-order valence-corrected chi connectivity index (χ4v) is 4.93. The fraction of sp³-hybridized carbons (Fsp3) is 0.647. The van der Waals surface area contributed by atoms with Crippen LogP contribution in [-0.4, -0.2) is 31.9 Å². The van der Waals surface area contributed by atoms with Gasteiger partial charge in [-0.1, -0.05) is 19.1 Å². The molecule has 0 heterocycles. The molecular formula is C17H25ClO3S. The molecule has 1 aromatic rings. The van der Waals surface area contributed by atoms with E-state index in [-0.39, 0.29) is 17.4 Å². The van der Waals surface area contributed by atoms with E-state index in [0.29, 0.717) is 18.4 Å². The molecule has 0 saturated heterocycles. The second kappa shape index (κ2) is 8.21. The summed E-state index contributed by atoms with van der Waals surface area (Å²) in [4.78, 5) is 0. The first-order valence-electron chi connectivity index (χ1n) is 8.03. The molecule has 2 rings (SSSR count). The SMILES string of the molecule is C[C@@H](CS(=O)(=O)CCCCl)c1cccc(OC2CCCC2)c1. The number of rotatable bonds is 8. The molecule has 1 aliphatic rings. The molecule has 0 bridgehead atoms. The molecular weight excluding hydrogens is 320 g/mol. The van der Waals surface area contributed by atoms with Gasteiger partial charge in [0.15, 0.2) is 9.84 Å². The van der Waals surface area contributed by atoms with Gasteiger partial charge in [0.1, 0.15) is 5.75 Å². The number of ether oxygens (including phenoxy) is 1. The van der Waals surface area contributed by atoms with E-state index in [1.54, 1.807) is 0 Å². The van der Waals surface area contributed by atoms with Crippen LogP contribution in [0.25, 0.3) is 0 Å². The molecule has 0 aliphatic heterocycles. The largest absolute Gasteiger partial charge is 0.490 e. The Balaban J connectivity index is 1.98. The van der Waals surface area contributed by atoms with Crippen molar-refractivity contribution in [1.82, 2.24) is 0 Å². The molecule has 1 aromatic carbocycles. The van der Waals surface area contributed by atoms with Crippen LogP contribution < -0.4 is 4.74 Å². The minimum absolute atomic E-state index is 0.0348. The van der Waals surface area contributed by atoms with Gasteiger partial charge >= 0.3 is 0 Å². The molecule has 1 saturated carbocycles. The smallest absolute Gasteiger partial charge is 0.150 e. The standard InChI is InChI=1S/C17H25ClO3S/c1-14(13-22(19,20)11-5-10-18)15-6-4-9-17(12-15)21-16-7-2-3-8-16/h4,6,9,12,14,16H,2-3,5,7-8,10-11,13H2,1H3/t14-/m0/s1. The summed E-state index contributed by atoms with van der Waals surface area (Å²) >= 11 is 5.58. The lowest BCUT2D eigenvalue weighted by atomic mass is 10.0. The van der Waals surface area contributed by atoms with Crippen LogP contribution in [0.4, 0.5) is 0 Å². The lowest BCUT2D eigenvalue weighted by Gasteiger charge is -2.16. The lowest BCUT2D eigenvalue weighted by molar-refractivity contribution is 0.210. The average Bonchev–Trinajstić information content (AvgIpc) is 2.98. The van der Waals surface area contributed by atoms with Crippen molar-refractivity contribution in [2.24, 2.45) is 0 Å². The Morgan fingerprint density at radius 3 is 2.73 bits per heavy atom. The molecule has 1 aliphatic carbocycles. The van der Waals surface area contributed by atoms with Gasteiger partial charge in [0.2, 0.25) is 0 Å². The van der Waals surface area contributed by atoms with Crippen molar-refractivity contribution in [3.63, 3.8) is 0 Å². The van der Waals surface area contributed by atoms with E-state index in [1.807, 2.05) is 31.2 Å². The van der Waals surface area contributed by atoms with Gasteiger partial charge in [-0.2, -0.15) is 0 Å². The maximum Gasteiger partial charge on any atom is 0.150 e. The Morgan fingerprint density at radius 2 is 2.05 bits per heavy atom. The first kappa shape index (κ1) is 17.6. The molecule has 0 spiro atoms. The molecule has 1 atom stereocenters. The number of hydrogen-bond acceptors (Lipinski definition) is 3. The predicted molar refractivity (Wildman–Crippen MR) is 91.7 cm³/mol. The summed E-state index contributed by atoms with van der Waals surface area (Å²) in [5.74, 6) is 1.54. The highest BCUT2D eigenvalue weighted by molar-refractivity contribution is 7.91. The average molecular weight is 345 g/mol. The van der Waals surface area contributed by atoms with Gasteiger partial charge in [0, 0.05) is 5.88 Å². The van der Waals surface area contributed by atoms with Gasteiger partial charge in [-0.25, -0.2) is 8.42 Å². The highest BCUT2D eigenvalue weighted by atomic mass is 35.5. The molecule has 5 heteroatoms. The van der Waals surface area contributed by atoms with Crippen LogP contribution in [0.2, 0.25) is 0 Å². The zero-order valence-electron chi connectivity index (χ0n) is 13.1. The normalized spacial score (nSPS) is 17.5. The molecule has 1 fully saturated rings. The molecule has 0 unspecified atom stereocenters. The second-order valence-electron chi connectivity index (χ2n) is 6.15. The zero-order valence-corrected chi connectivity index (χ0v) is 14.7. The zero-order chi connectivity index (χ0) is 16.0. The summed E-state index contributed by atoms with van der Waals surface area (Å²) < 4.78 is 30.1. The highest BCUT2D eigenvalue weighted by Crippen LogP contribution is 2.27. The Bertz CT molecular complexity index is 565. The monoisotopic (exact) mass is 344 g/mol. The van der Waals surface area contributed by atoms with Gasteiger partial charge in [0.25, 0.3) is 0 Å². The second-order valence-corrected chi connectivity index (χ2v) is 8.76. The summed E-state index contributed by atoms with van der Waals surface area (Å²) in [5.41, 5.74) is 1.02. The van der Waals surface area contributed by atoms with Gasteiger partial charge in [0.05, 0.1) is 17.6 Å². The maximum atomic E-state index is 12.0. The number of benzene rings is 1. The molecule has 124 valence electrons. The fourth-order valence-electron chi connectivity index (χ4n) is 2.93. The van der Waals surface area contributed by atoms with Gasteiger partial charge < -0.3 is 4.74 Å². The van der Waals surface area contributed by atoms with Crippen molar-refractivity contribution in [1.29, 1.82) is 0 Å². The van der Waals surface area contributed by atoms with Crippen LogP contribution in [-0.2, 0) is 9.84 Å². The Labute approximate surface area is 138 Å². The minimum Gasteiger partial charge on any atom is -0.490 e. The quantitative estimate of drug-likeness (QED) is 0.665. The molecule has 0 aromatic heterocycles. The summed E-state index contributed by atoms with van der Waals surface area (Å²) in [6.07, 6.45) is 5.54. The topological polar surface area (TPSA) is 43.4 Å². The number of alkyl halides is 1. The Hall–Kier alpha value is -0.740. The number of halogens is 1. The predicted octanol–water partition coefficient (Wildman–Crippen LogP) is 4.16. The molecule has 3 nitrogen and oxygen atoms in total. The van der Waals surface area contributed by atoms with Crippen molar-refractivity contribution >= 4 is 21.4 Å². The Morgan fingerprint density at radius 1 is 1.32 bits per heavy atom. The van der Waals surface area contributed by atoms with Crippen LogP contribution in [0.15, 0.2) is 24.3 Å². The third-order valence-corrected chi connectivity index (χ3v) is 6.31. The minimum atomic E-state index is -3.05. The summed E-state index contributed by atoms with van der Waals surface area (Å²) in [5, 5.41) is 0. The van der Waals surface area contributed by atoms with Crippen LogP contribution in [0.3, 0.4) is 0 Å². The summed E-state index contributed by atoms with van der Waals surface area (Å²) in [6, 6.07) is 7.86. The molecule has 0 amide bonds. The van der Waals surface area contributed by atoms with Crippen LogP contribution in [0, 0.1) is 0 Å². The third kappa shape index (κ3) is 5.47. The molecule has 0 N–H and O–H groups in total. The summed E-state index contributed by atoms with van der Waals surface area (Å²) in [6.45, 7) is 1.95. The van der Waals surface area contributed by atoms with E-state index in [0.717, 1.165) is 24.2 Å². The number of sulfone groups is 1. The van der Waals surface area contributed by atoms with Crippen molar-refractivity contribution in [3.05, 3.63) is 29.8 Å². The van der Waals surface area contributed by atoms with Crippen molar-refractivity contribution < 1.29 is 13.2 Å². The lowest BCUT2D eigenvalue weighted by Crippen LogP contribution is -2.16. The maximum absolute atomic E-state index is 12.0. The van der Waals surface area contributed by atoms with E-state index in [9.17, 15) is 8.42 Å². The van der Waals surface area contributed by atoms with Crippen LogP contribution in [0.1, 0.15) is 50.5 Å².